The molecular formula is C21H14ClFO4. The SMILES string of the molecule is O=C(O)Cc1ccc(Cl)c(Oc2ccc(C(=O)c3ccccc3)cc2F)c1. The van der Waals surface area contributed by atoms with Gasteiger partial charge in [0.25, 0.3) is 0 Å². The Morgan fingerprint density at radius 2 is 1.67 bits per heavy atom. The first kappa shape index (κ1) is 18.6. The number of benzene rings is 3. The van der Waals surface area contributed by atoms with E-state index >= 15 is 0 Å². The van der Waals surface area contributed by atoms with Crippen LogP contribution < -0.4 is 4.74 Å². The summed E-state index contributed by atoms with van der Waals surface area (Å²) in [5.41, 5.74) is 1.12. The minimum absolute atomic E-state index is 0.117. The fourth-order valence-electron chi connectivity index (χ4n) is 2.51. The molecule has 0 amide bonds. The Labute approximate surface area is 159 Å². The van der Waals surface area contributed by atoms with Gasteiger partial charge in [0, 0.05) is 11.1 Å². The van der Waals surface area contributed by atoms with Crippen molar-refractivity contribution in [2.45, 2.75) is 6.42 Å². The van der Waals surface area contributed by atoms with Gasteiger partial charge < -0.3 is 9.84 Å². The number of hydrogen-bond acceptors (Lipinski definition) is 3. The normalized spacial score (nSPS) is 10.4. The molecule has 0 saturated heterocycles. The Morgan fingerprint density at radius 1 is 0.926 bits per heavy atom. The molecule has 0 aliphatic carbocycles. The number of carbonyl (C=O) groups excluding carboxylic acids is 1. The molecule has 3 aromatic rings. The summed E-state index contributed by atoms with van der Waals surface area (Å²) < 4.78 is 19.9. The van der Waals surface area contributed by atoms with Crippen LogP contribution in [0.4, 0.5) is 4.39 Å². The van der Waals surface area contributed by atoms with Gasteiger partial charge >= 0.3 is 5.97 Å². The molecule has 0 atom stereocenters. The number of hydrogen-bond donors (Lipinski definition) is 1. The molecule has 0 saturated carbocycles. The zero-order chi connectivity index (χ0) is 19.4. The Hall–Kier alpha value is -3.18. The van der Waals surface area contributed by atoms with Crippen molar-refractivity contribution in [3.63, 3.8) is 0 Å². The van der Waals surface area contributed by atoms with Crippen LogP contribution in [0.2, 0.25) is 5.02 Å². The molecule has 0 heterocycles. The van der Waals surface area contributed by atoms with E-state index in [4.69, 9.17) is 21.4 Å². The summed E-state index contributed by atoms with van der Waals surface area (Å²) in [7, 11) is 0. The molecule has 136 valence electrons. The highest BCUT2D eigenvalue weighted by molar-refractivity contribution is 6.32. The summed E-state index contributed by atoms with van der Waals surface area (Å²) in [6, 6.07) is 16.9. The second-order valence-electron chi connectivity index (χ2n) is 5.78. The van der Waals surface area contributed by atoms with Crippen LogP contribution in [0, 0.1) is 5.82 Å². The second-order valence-corrected chi connectivity index (χ2v) is 6.18. The van der Waals surface area contributed by atoms with E-state index in [1.807, 2.05) is 0 Å². The summed E-state index contributed by atoms with van der Waals surface area (Å²) >= 11 is 6.05. The van der Waals surface area contributed by atoms with E-state index in [1.165, 1.54) is 24.3 Å². The number of carboxylic acid groups (broad SMARTS) is 1. The summed E-state index contributed by atoms with van der Waals surface area (Å²) in [6.45, 7) is 0. The fourth-order valence-corrected chi connectivity index (χ4v) is 2.67. The first-order valence-corrected chi connectivity index (χ1v) is 8.39. The quantitative estimate of drug-likeness (QED) is 0.598. The van der Waals surface area contributed by atoms with Crippen molar-refractivity contribution in [3.8, 4) is 11.5 Å². The van der Waals surface area contributed by atoms with Crippen LogP contribution in [-0.2, 0) is 11.2 Å². The third-order valence-electron chi connectivity index (χ3n) is 3.80. The van der Waals surface area contributed by atoms with Crippen LogP contribution in [0.15, 0.2) is 66.7 Å². The molecule has 3 aromatic carbocycles. The Morgan fingerprint density at radius 3 is 2.33 bits per heavy atom. The third kappa shape index (κ3) is 4.51. The van der Waals surface area contributed by atoms with Crippen molar-refractivity contribution in [1.82, 2.24) is 0 Å². The Balaban J connectivity index is 1.85. The zero-order valence-electron chi connectivity index (χ0n) is 14.0. The van der Waals surface area contributed by atoms with E-state index in [2.05, 4.69) is 0 Å². The molecular weight excluding hydrogens is 371 g/mol. The maximum Gasteiger partial charge on any atom is 0.307 e. The van der Waals surface area contributed by atoms with Crippen molar-refractivity contribution in [2.24, 2.45) is 0 Å². The van der Waals surface area contributed by atoms with E-state index in [9.17, 15) is 14.0 Å². The van der Waals surface area contributed by atoms with Crippen LogP contribution in [0.1, 0.15) is 21.5 Å². The van der Waals surface area contributed by atoms with Crippen molar-refractivity contribution in [1.29, 1.82) is 0 Å². The van der Waals surface area contributed by atoms with Gasteiger partial charge in [0.1, 0.15) is 5.75 Å². The first-order chi connectivity index (χ1) is 12.9. The van der Waals surface area contributed by atoms with Gasteiger partial charge in [0.2, 0.25) is 0 Å². The van der Waals surface area contributed by atoms with Gasteiger partial charge in [0.15, 0.2) is 17.3 Å². The molecule has 27 heavy (non-hydrogen) atoms. The van der Waals surface area contributed by atoms with Crippen LogP contribution in [0.5, 0.6) is 11.5 Å². The minimum atomic E-state index is -1.00. The highest BCUT2D eigenvalue weighted by atomic mass is 35.5. The number of halogens is 2. The molecule has 1 N–H and O–H groups in total. The van der Waals surface area contributed by atoms with Gasteiger partial charge in [-0.3, -0.25) is 9.59 Å². The maximum atomic E-state index is 14.4. The largest absolute Gasteiger partial charge is 0.481 e. The average molecular weight is 385 g/mol. The molecule has 0 unspecified atom stereocenters. The van der Waals surface area contributed by atoms with Crippen molar-refractivity contribution in [3.05, 3.63) is 94.3 Å². The summed E-state index contributed by atoms with van der Waals surface area (Å²) in [6.07, 6.45) is -0.208. The van der Waals surface area contributed by atoms with Crippen molar-refractivity contribution in [2.75, 3.05) is 0 Å². The van der Waals surface area contributed by atoms with Crippen LogP contribution in [0.25, 0.3) is 0 Å². The molecule has 0 spiro atoms. The molecule has 0 aromatic heterocycles. The predicted molar refractivity (Wildman–Crippen MR) is 99.1 cm³/mol. The lowest BCUT2D eigenvalue weighted by atomic mass is 10.0. The molecule has 0 aliphatic heterocycles. The molecule has 4 nitrogen and oxygen atoms in total. The summed E-state index contributed by atoms with van der Waals surface area (Å²) in [4.78, 5) is 23.2. The number of rotatable bonds is 6. The van der Waals surface area contributed by atoms with Crippen molar-refractivity contribution < 1.29 is 23.8 Å². The third-order valence-corrected chi connectivity index (χ3v) is 4.11. The maximum absolute atomic E-state index is 14.4. The van der Waals surface area contributed by atoms with Gasteiger partial charge in [0.05, 0.1) is 11.4 Å². The standard InChI is InChI=1S/C21H14ClFO4/c22-16-8-6-13(11-20(24)25)10-19(16)27-18-9-7-15(12-17(18)23)21(26)14-4-2-1-3-5-14/h1-10,12H,11H2,(H,24,25). The van der Waals surface area contributed by atoms with Crippen LogP contribution in [-0.4, -0.2) is 16.9 Å². The topological polar surface area (TPSA) is 63.6 Å². The highest BCUT2D eigenvalue weighted by Crippen LogP contribution is 2.32. The van der Waals surface area contributed by atoms with Crippen LogP contribution in [0.3, 0.4) is 0 Å². The van der Waals surface area contributed by atoms with E-state index in [0.29, 0.717) is 11.1 Å². The van der Waals surface area contributed by atoms with Gasteiger partial charge in [-0.25, -0.2) is 4.39 Å². The van der Waals surface area contributed by atoms with Gasteiger partial charge in [-0.2, -0.15) is 0 Å². The Bertz CT molecular complexity index is 1000. The average Bonchev–Trinajstić information content (AvgIpc) is 2.65. The fraction of sp³-hybridized carbons (Fsp3) is 0.0476. The van der Waals surface area contributed by atoms with E-state index in [0.717, 1.165) is 6.07 Å². The molecule has 6 heteroatoms. The number of ether oxygens (including phenoxy) is 1. The van der Waals surface area contributed by atoms with E-state index in [1.54, 1.807) is 36.4 Å². The first-order valence-electron chi connectivity index (χ1n) is 8.01. The lowest BCUT2D eigenvalue weighted by Crippen LogP contribution is -2.02. The molecule has 0 fully saturated rings. The number of carboxylic acids is 1. The minimum Gasteiger partial charge on any atom is -0.481 e. The molecule has 0 aliphatic rings. The molecule has 3 rings (SSSR count). The highest BCUT2D eigenvalue weighted by Gasteiger charge is 2.14. The molecule has 0 bridgehead atoms. The number of ketones is 1. The van der Waals surface area contributed by atoms with Crippen molar-refractivity contribution >= 4 is 23.4 Å². The van der Waals surface area contributed by atoms with Crippen LogP contribution >= 0.6 is 11.6 Å². The summed E-state index contributed by atoms with van der Waals surface area (Å²) in [5.74, 6) is -2.01. The number of aliphatic carboxylic acids is 1. The Kier molecular flexibility index (Phi) is 5.52. The lowest BCUT2D eigenvalue weighted by molar-refractivity contribution is -0.136. The lowest BCUT2D eigenvalue weighted by Gasteiger charge is -2.11. The zero-order valence-corrected chi connectivity index (χ0v) is 14.7. The van der Waals surface area contributed by atoms with E-state index < -0.39 is 11.8 Å². The predicted octanol–water partition coefficient (Wildman–Crippen LogP) is 5.13. The monoisotopic (exact) mass is 384 g/mol. The van der Waals surface area contributed by atoms with Gasteiger partial charge in [-0.1, -0.05) is 48.0 Å². The van der Waals surface area contributed by atoms with E-state index in [-0.39, 0.29) is 34.3 Å². The van der Waals surface area contributed by atoms with Gasteiger partial charge in [-0.15, -0.1) is 0 Å². The summed E-state index contributed by atoms with van der Waals surface area (Å²) in [5, 5.41) is 9.09. The second kappa shape index (κ2) is 8.01. The smallest absolute Gasteiger partial charge is 0.307 e. The number of carbonyl (C=O) groups is 2. The van der Waals surface area contributed by atoms with Gasteiger partial charge in [-0.05, 0) is 35.9 Å². The molecule has 0 radical (unpaired) electrons.